The second-order valence-electron chi connectivity index (χ2n) is 9.68. The van der Waals surface area contributed by atoms with E-state index >= 15 is 0 Å². The van der Waals surface area contributed by atoms with Gasteiger partial charge in [0.15, 0.2) is 0 Å². The molecular weight excluding hydrogens is 460 g/mol. The van der Waals surface area contributed by atoms with E-state index in [0.29, 0.717) is 44.0 Å². The molecule has 1 unspecified atom stereocenters. The first-order valence-corrected chi connectivity index (χ1v) is 12.1. The van der Waals surface area contributed by atoms with Gasteiger partial charge in [0, 0.05) is 30.6 Å². The van der Waals surface area contributed by atoms with Gasteiger partial charge in [0.25, 0.3) is 5.91 Å². The molecule has 2 aromatic rings. The highest BCUT2D eigenvalue weighted by Crippen LogP contribution is 2.38. The van der Waals surface area contributed by atoms with Crippen LogP contribution in [0.3, 0.4) is 0 Å². The molecule has 0 bridgehead atoms. The third-order valence-electron chi connectivity index (χ3n) is 7.36. The van der Waals surface area contributed by atoms with Crippen molar-refractivity contribution in [1.29, 1.82) is 0 Å². The Hall–Kier alpha value is -3.59. The van der Waals surface area contributed by atoms with Gasteiger partial charge in [-0.1, -0.05) is 30.3 Å². The lowest BCUT2D eigenvalue weighted by Crippen LogP contribution is -2.64. The van der Waals surface area contributed by atoms with Gasteiger partial charge in [0.05, 0.1) is 18.6 Å². The van der Waals surface area contributed by atoms with Crippen molar-refractivity contribution in [2.75, 3.05) is 19.8 Å². The first kappa shape index (κ1) is 24.1. The number of piperidine rings is 1. The maximum absolute atomic E-state index is 13.3. The lowest BCUT2D eigenvalue weighted by atomic mass is 9.68. The number of hydrogen-bond donors (Lipinski definition) is 0. The van der Waals surface area contributed by atoms with Crippen LogP contribution in [0, 0.1) is 0 Å². The number of hydrogen-bond acceptors (Lipinski definition) is 6. The van der Waals surface area contributed by atoms with Crippen LogP contribution in [0.5, 0.6) is 5.75 Å². The average molecular weight is 487 g/mol. The molecule has 3 aliphatic rings. The number of carbonyl (C=O) groups is 4. The Bertz CT molecular complexity index is 1240. The van der Waals surface area contributed by atoms with Gasteiger partial charge in [-0.25, -0.2) is 0 Å². The summed E-state index contributed by atoms with van der Waals surface area (Å²) in [6.07, 6.45) is 0.519. The highest BCUT2D eigenvalue weighted by molar-refractivity contribution is 6.38. The molecule has 0 N–H and O–H groups in total. The highest BCUT2D eigenvalue weighted by atomic mass is 16.5. The molecule has 0 saturated carbocycles. The Morgan fingerprint density at radius 2 is 1.75 bits per heavy atom. The van der Waals surface area contributed by atoms with Crippen LogP contribution < -0.4 is 4.74 Å². The van der Waals surface area contributed by atoms with Crippen LogP contribution in [0.1, 0.15) is 39.9 Å². The van der Waals surface area contributed by atoms with Crippen molar-refractivity contribution in [3.05, 3.63) is 64.7 Å². The van der Waals surface area contributed by atoms with Crippen LogP contribution in [0.25, 0.3) is 0 Å². The topological polar surface area (TPSA) is 96.5 Å². The molecule has 3 aliphatic heterocycles. The molecule has 4 amide bonds. The monoisotopic (exact) mass is 487 g/mol. The van der Waals surface area contributed by atoms with E-state index in [0.717, 1.165) is 21.5 Å². The molecule has 2 fully saturated rings. The maximum Gasteiger partial charge on any atom is 0.254 e. The predicted molar refractivity (Wildman–Crippen MR) is 134 cm³/mol. The molecule has 0 spiro atoms. The zero-order valence-electron chi connectivity index (χ0n) is 20.5. The first-order valence-electron chi connectivity index (χ1n) is 12.1. The smallest absolute Gasteiger partial charge is 0.254 e. The summed E-state index contributed by atoms with van der Waals surface area (Å²) < 4.78 is 11.3. The molecule has 9 nitrogen and oxygen atoms in total. The average Bonchev–Trinajstić information content (AvgIpc) is 3.24. The molecule has 36 heavy (non-hydrogen) atoms. The number of nitrogens with zero attached hydrogens (tertiary/aromatic N) is 3. The SMILES string of the molecule is BN1C(=O)CCC(B)(N2Cc3c(OCc4ccc(CN5CCOCC5=O)cc4)cccc3C2=O)C1=O. The minimum Gasteiger partial charge on any atom is -0.489 e. The van der Waals surface area contributed by atoms with Crippen LogP contribution in [-0.4, -0.2) is 79.3 Å². The summed E-state index contributed by atoms with van der Waals surface area (Å²) in [5.41, 5.74) is 2.18. The summed E-state index contributed by atoms with van der Waals surface area (Å²) in [6, 6.07) is 13.3. The lowest BCUT2D eigenvalue weighted by molar-refractivity contribution is -0.147. The first-order chi connectivity index (χ1) is 17.3. The summed E-state index contributed by atoms with van der Waals surface area (Å²) in [6.45, 7) is 2.40. The minimum absolute atomic E-state index is 0.00258. The van der Waals surface area contributed by atoms with E-state index < -0.39 is 5.44 Å². The molecule has 3 heterocycles. The maximum atomic E-state index is 13.3. The van der Waals surface area contributed by atoms with Crippen molar-refractivity contribution in [1.82, 2.24) is 14.6 Å². The quantitative estimate of drug-likeness (QED) is 0.407. The zero-order chi connectivity index (χ0) is 25.4. The van der Waals surface area contributed by atoms with E-state index in [4.69, 9.17) is 9.47 Å². The van der Waals surface area contributed by atoms with Crippen molar-refractivity contribution >= 4 is 39.5 Å². The third kappa shape index (κ3) is 4.28. The van der Waals surface area contributed by atoms with E-state index in [1.54, 1.807) is 29.8 Å². The second-order valence-corrected chi connectivity index (χ2v) is 9.68. The summed E-state index contributed by atoms with van der Waals surface area (Å²) in [5.74, 6) is -0.217. The molecule has 5 rings (SSSR count). The molecule has 0 radical (unpaired) electrons. The van der Waals surface area contributed by atoms with Gasteiger partial charge < -0.3 is 24.1 Å². The fourth-order valence-corrected chi connectivity index (χ4v) is 5.03. The number of amides is 4. The Labute approximate surface area is 211 Å². The zero-order valence-corrected chi connectivity index (χ0v) is 20.5. The number of fused-ring (bicyclic) bond motifs is 1. The van der Waals surface area contributed by atoms with Crippen LogP contribution in [0.4, 0.5) is 0 Å². The number of ether oxygens (including phenoxy) is 2. The van der Waals surface area contributed by atoms with Crippen molar-refractivity contribution < 1.29 is 28.7 Å². The highest BCUT2D eigenvalue weighted by Gasteiger charge is 2.50. The molecule has 2 saturated heterocycles. The van der Waals surface area contributed by atoms with Crippen LogP contribution >= 0.6 is 0 Å². The Morgan fingerprint density at radius 1 is 1.00 bits per heavy atom. The number of carbonyl (C=O) groups excluding carboxylic acids is 4. The Kier molecular flexibility index (Phi) is 6.34. The van der Waals surface area contributed by atoms with E-state index in [1.807, 2.05) is 30.3 Å². The Balaban J connectivity index is 1.27. The van der Waals surface area contributed by atoms with Gasteiger partial charge >= 0.3 is 0 Å². The molecule has 1 atom stereocenters. The predicted octanol–water partition coefficient (Wildman–Crippen LogP) is -0.393. The van der Waals surface area contributed by atoms with Gasteiger partial charge in [-0.3, -0.25) is 19.2 Å². The summed E-state index contributed by atoms with van der Waals surface area (Å²) in [7, 11) is 3.20. The summed E-state index contributed by atoms with van der Waals surface area (Å²) in [4.78, 5) is 54.6. The summed E-state index contributed by atoms with van der Waals surface area (Å²) >= 11 is 0. The van der Waals surface area contributed by atoms with Crippen LogP contribution in [0.15, 0.2) is 42.5 Å². The van der Waals surface area contributed by atoms with E-state index in [-0.39, 0.29) is 43.2 Å². The van der Waals surface area contributed by atoms with Crippen molar-refractivity contribution in [2.45, 2.75) is 38.0 Å². The van der Waals surface area contributed by atoms with Crippen molar-refractivity contribution in [2.24, 2.45) is 0 Å². The van der Waals surface area contributed by atoms with Crippen LogP contribution in [0.2, 0.25) is 0 Å². The second kappa shape index (κ2) is 9.46. The summed E-state index contributed by atoms with van der Waals surface area (Å²) in [5, 5.41) is 0. The number of morpholine rings is 1. The largest absolute Gasteiger partial charge is 0.489 e. The number of imide groups is 1. The molecule has 0 aromatic heterocycles. The normalized spacial score (nSPS) is 22.3. The lowest BCUT2D eigenvalue weighted by Gasteiger charge is -2.43. The van der Waals surface area contributed by atoms with Gasteiger partial charge in [0.2, 0.25) is 25.7 Å². The molecule has 0 aliphatic carbocycles. The Morgan fingerprint density at radius 3 is 2.50 bits per heavy atom. The molecular formula is C25H27B2N3O6. The van der Waals surface area contributed by atoms with Crippen LogP contribution in [-0.2, 0) is 38.8 Å². The minimum atomic E-state index is -1.08. The molecule has 11 heteroatoms. The number of rotatable bonds is 6. The standard InChI is InChI=1S/C25H27B2N3O6/c26-25(9-8-21(31)30(27)24(25)34)29-13-19-18(23(29)33)2-1-3-20(19)36-14-17-6-4-16(5-7-17)12-28-10-11-35-15-22(28)32/h1-7H,8-15,26-27H2. The van der Waals surface area contributed by atoms with Gasteiger partial charge in [-0.2, -0.15) is 0 Å². The molecule has 184 valence electrons. The fourth-order valence-electron chi connectivity index (χ4n) is 5.03. The molecule has 2 aromatic carbocycles. The number of benzene rings is 2. The van der Waals surface area contributed by atoms with Gasteiger partial charge in [-0.15, -0.1) is 0 Å². The van der Waals surface area contributed by atoms with Gasteiger partial charge in [-0.05, 0) is 29.7 Å². The van der Waals surface area contributed by atoms with E-state index in [1.165, 1.54) is 7.98 Å². The fraction of sp³-hybridized carbons (Fsp3) is 0.360. The van der Waals surface area contributed by atoms with E-state index in [9.17, 15) is 19.2 Å². The van der Waals surface area contributed by atoms with Crippen molar-refractivity contribution in [3.8, 4) is 5.75 Å². The third-order valence-corrected chi connectivity index (χ3v) is 7.36. The van der Waals surface area contributed by atoms with E-state index in [2.05, 4.69) is 0 Å². The van der Waals surface area contributed by atoms with Crippen molar-refractivity contribution in [3.63, 3.8) is 0 Å². The van der Waals surface area contributed by atoms with Gasteiger partial charge in [0.1, 0.15) is 26.8 Å².